The molecule has 1 N–H and O–H groups in total. The van der Waals surface area contributed by atoms with E-state index in [1.54, 1.807) is 0 Å². The second kappa shape index (κ2) is 5.60. The molecule has 0 spiro atoms. The molecule has 0 aromatic heterocycles. The highest BCUT2D eigenvalue weighted by atomic mass is 16.5. The molecule has 0 amide bonds. The van der Waals surface area contributed by atoms with Crippen LogP contribution < -0.4 is 5.32 Å². The first-order chi connectivity index (χ1) is 6.33. The number of benzene rings is 1. The quantitative estimate of drug-likeness (QED) is 0.702. The van der Waals surface area contributed by atoms with Crippen LogP contribution in [0.2, 0.25) is 0 Å². The topological polar surface area (TPSA) is 21.3 Å². The molecule has 1 unspecified atom stereocenters. The molecule has 0 saturated heterocycles. The van der Waals surface area contributed by atoms with Crippen molar-refractivity contribution in [2.75, 3.05) is 11.9 Å². The Morgan fingerprint density at radius 1 is 1.31 bits per heavy atom. The van der Waals surface area contributed by atoms with Crippen LogP contribution in [0.5, 0.6) is 0 Å². The molecule has 0 heterocycles. The van der Waals surface area contributed by atoms with Gasteiger partial charge in [0.25, 0.3) is 0 Å². The van der Waals surface area contributed by atoms with Crippen LogP contribution >= 0.6 is 0 Å². The van der Waals surface area contributed by atoms with Gasteiger partial charge in [-0.25, -0.2) is 0 Å². The number of anilines is 1. The summed E-state index contributed by atoms with van der Waals surface area (Å²) in [7, 11) is 0. The first-order valence-corrected chi connectivity index (χ1v) is 4.76. The van der Waals surface area contributed by atoms with Crippen LogP contribution in [-0.4, -0.2) is 12.8 Å². The summed E-state index contributed by atoms with van der Waals surface area (Å²) >= 11 is 0. The van der Waals surface area contributed by atoms with Crippen LogP contribution in [0, 0.1) is 0 Å². The van der Waals surface area contributed by atoms with E-state index in [9.17, 15) is 0 Å². The van der Waals surface area contributed by atoms with Crippen LogP contribution in [-0.2, 0) is 4.74 Å². The molecular weight excluding hydrogens is 162 g/mol. The van der Waals surface area contributed by atoms with E-state index in [0.29, 0.717) is 0 Å². The van der Waals surface area contributed by atoms with Crippen LogP contribution in [0.1, 0.15) is 20.3 Å². The van der Waals surface area contributed by atoms with Gasteiger partial charge in [-0.2, -0.15) is 0 Å². The SMILES string of the molecule is CCCOC(C)Nc1ccccc1. The average Bonchev–Trinajstić information content (AvgIpc) is 2.16. The maximum atomic E-state index is 5.48. The van der Waals surface area contributed by atoms with Gasteiger partial charge in [0.2, 0.25) is 0 Å². The van der Waals surface area contributed by atoms with Gasteiger partial charge in [-0.05, 0) is 25.5 Å². The van der Waals surface area contributed by atoms with Crippen molar-refractivity contribution in [2.24, 2.45) is 0 Å². The highest BCUT2D eigenvalue weighted by Crippen LogP contribution is 2.07. The van der Waals surface area contributed by atoms with Crippen LogP contribution in [0.15, 0.2) is 30.3 Å². The summed E-state index contributed by atoms with van der Waals surface area (Å²) in [6, 6.07) is 10.1. The van der Waals surface area contributed by atoms with Gasteiger partial charge in [0.05, 0.1) is 0 Å². The molecule has 1 aromatic rings. The summed E-state index contributed by atoms with van der Waals surface area (Å²) in [5.74, 6) is 0. The van der Waals surface area contributed by atoms with E-state index in [1.165, 1.54) is 0 Å². The average molecular weight is 179 g/mol. The van der Waals surface area contributed by atoms with E-state index in [-0.39, 0.29) is 6.23 Å². The Labute approximate surface area is 79.9 Å². The van der Waals surface area contributed by atoms with Crippen molar-refractivity contribution in [1.29, 1.82) is 0 Å². The molecule has 0 fully saturated rings. The van der Waals surface area contributed by atoms with E-state index < -0.39 is 0 Å². The van der Waals surface area contributed by atoms with Crippen molar-refractivity contribution in [2.45, 2.75) is 26.5 Å². The normalized spacial score (nSPS) is 12.5. The van der Waals surface area contributed by atoms with Crippen LogP contribution in [0.4, 0.5) is 5.69 Å². The fourth-order valence-corrected chi connectivity index (χ4v) is 1.11. The minimum Gasteiger partial charge on any atom is -0.360 e. The summed E-state index contributed by atoms with van der Waals surface area (Å²) in [6.07, 6.45) is 1.14. The largest absolute Gasteiger partial charge is 0.360 e. The molecule has 13 heavy (non-hydrogen) atoms. The Hall–Kier alpha value is -1.02. The third-order valence-electron chi connectivity index (χ3n) is 1.72. The summed E-state index contributed by atoms with van der Waals surface area (Å²) in [6.45, 7) is 4.93. The lowest BCUT2D eigenvalue weighted by atomic mass is 10.3. The third-order valence-corrected chi connectivity index (χ3v) is 1.72. The molecule has 0 bridgehead atoms. The Bertz CT molecular complexity index is 223. The highest BCUT2D eigenvalue weighted by Gasteiger charge is 1.99. The van der Waals surface area contributed by atoms with Gasteiger partial charge in [0.15, 0.2) is 0 Å². The zero-order valence-electron chi connectivity index (χ0n) is 8.29. The number of hydrogen-bond donors (Lipinski definition) is 1. The molecule has 0 aliphatic heterocycles. The number of nitrogens with one attached hydrogen (secondary N) is 1. The number of hydrogen-bond acceptors (Lipinski definition) is 2. The number of para-hydroxylation sites is 1. The van der Waals surface area contributed by atoms with Gasteiger partial charge in [0.1, 0.15) is 6.23 Å². The smallest absolute Gasteiger partial charge is 0.124 e. The second-order valence-corrected chi connectivity index (χ2v) is 3.02. The lowest BCUT2D eigenvalue weighted by Crippen LogP contribution is -2.19. The molecule has 2 heteroatoms. The molecule has 2 nitrogen and oxygen atoms in total. The van der Waals surface area contributed by atoms with Gasteiger partial charge < -0.3 is 10.1 Å². The van der Waals surface area contributed by atoms with E-state index >= 15 is 0 Å². The number of rotatable bonds is 5. The summed E-state index contributed by atoms with van der Waals surface area (Å²) < 4.78 is 5.48. The summed E-state index contributed by atoms with van der Waals surface area (Å²) in [5, 5.41) is 3.25. The maximum Gasteiger partial charge on any atom is 0.124 e. The highest BCUT2D eigenvalue weighted by molar-refractivity contribution is 5.42. The van der Waals surface area contributed by atoms with Crippen LogP contribution in [0.25, 0.3) is 0 Å². The Kier molecular flexibility index (Phi) is 4.33. The Balaban J connectivity index is 2.32. The van der Waals surface area contributed by atoms with Crippen molar-refractivity contribution in [3.8, 4) is 0 Å². The predicted molar refractivity (Wildman–Crippen MR) is 55.8 cm³/mol. The van der Waals surface area contributed by atoms with E-state index in [2.05, 4.69) is 12.2 Å². The fourth-order valence-electron chi connectivity index (χ4n) is 1.11. The van der Waals surface area contributed by atoms with Gasteiger partial charge in [-0.1, -0.05) is 25.1 Å². The summed E-state index contributed by atoms with van der Waals surface area (Å²) in [4.78, 5) is 0. The van der Waals surface area contributed by atoms with Crippen molar-refractivity contribution < 1.29 is 4.74 Å². The van der Waals surface area contributed by atoms with E-state index in [1.807, 2.05) is 37.3 Å². The van der Waals surface area contributed by atoms with Gasteiger partial charge in [-0.15, -0.1) is 0 Å². The van der Waals surface area contributed by atoms with Gasteiger partial charge >= 0.3 is 0 Å². The minimum atomic E-state index is 0.0855. The molecule has 0 aliphatic carbocycles. The first kappa shape index (κ1) is 10.1. The molecular formula is C11H17NO. The standard InChI is InChI=1S/C11H17NO/c1-3-9-13-10(2)12-11-7-5-4-6-8-11/h4-8,10,12H,3,9H2,1-2H3. The molecule has 0 radical (unpaired) electrons. The zero-order valence-corrected chi connectivity index (χ0v) is 8.29. The molecule has 72 valence electrons. The molecule has 0 aliphatic rings. The molecule has 1 aromatic carbocycles. The Morgan fingerprint density at radius 3 is 2.62 bits per heavy atom. The van der Waals surface area contributed by atoms with Crippen molar-refractivity contribution in [1.82, 2.24) is 0 Å². The number of ether oxygens (including phenoxy) is 1. The maximum absolute atomic E-state index is 5.48. The molecule has 1 rings (SSSR count). The summed E-state index contributed by atoms with van der Waals surface area (Å²) in [5.41, 5.74) is 1.10. The zero-order chi connectivity index (χ0) is 9.52. The minimum absolute atomic E-state index is 0.0855. The van der Waals surface area contributed by atoms with Gasteiger partial charge in [0, 0.05) is 12.3 Å². The predicted octanol–water partition coefficient (Wildman–Crippen LogP) is 2.87. The molecule has 0 saturated carbocycles. The molecule has 1 atom stereocenters. The van der Waals surface area contributed by atoms with E-state index in [0.717, 1.165) is 18.7 Å². The lowest BCUT2D eigenvalue weighted by Gasteiger charge is -2.15. The fraction of sp³-hybridized carbons (Fsp3) is 0.455. The van der Waals surface area contributed by atoms with Crippen molar-refractivity contribution in [3.63, 3.8) is 0 Å². The second-order valence-electron chi connectivity index (χ2n) is 3.02. The van der Waals surface area contributed by atoms with Crippen molar-refractivity contribution >= 4 is 5.69 Å². The first-order valence-electron chi connectivity index (χ1n) is 4.76. The van der Waals surface area contributed by atoms with E-state index in [4.69, 9.17) is 4.74 Å². The van der Waals surface area contributed by atoms with Crippen LogP contribution in [0.3, 0.4) is 0 Å². The third kappa shape index (κ3) is 3.95. The Morgan fingerprint density at radius 2 is 2.00 bits per heavy atom. The van der Waals surface area contributed by atoms with Crippen molar-refractivity contribution in [3.05, 3.63) is 30.3 Å². The van der Waals surface area contributed by atoms with Gasteiger partial charge in [-0.3, -0.25) is 0 Å². The lowest BCUT2D eigenvalue weighted by molar-refractivity contribution is 0.0853. The monoisotopic (exact) mass is 179 g/mol.